The van der Waals surface area contributed by atoms with Crippen molar-refractivity contribution in [3.05, 3.63) is 28.3 Å². The highest BCUT2D eigenvalue weighted by Gasteiger charge is 2.38. The molecule has 1 unspecified atom stereocenters. The van der Waals surface area contributed by atoms with E-state index in [2.05, 4.69) is 5.32 Å². The van der Waals surface area contributed by atoms with Gasteiger partial charge < -0.3 is 24.5 Å². The Morgan fingerprint density at radius 1 is 1.32 bits per heavy atom. The van der Waals surface area contributed by atoms with Gasteiger partial charge in [-0.15, -0.1) is 0 Å². The molecule has 0 aromatic heterocycles. The lowest BCUT2D eigenvalue weighted by Crippen LogP contribution is -2.53. The van der Waals surface area contributed by atoms with E-state index in [0.717, 1.165) is 0 Å². The molecule has 8 nitrogen and oxygen atoms in total. The summed E-state index contributed by atoms with van der Waals surface area (Å²) in [6, 6.07) is 3.14. The zero-order valence-corrected chi connectivity index (χ0v) is 17.0. The quantitative estimate of drug-likeness (QED) is 0.432. The molecule has 0 saturated heterocycles. The lowest BCUT2D eigenvalue weighted by Gasteiger charge is -2.29. The van der Waals surface area contributed by atoms with E-state index in [1.165, 1.54) is 6.07 Å². The molecule has 2 N–H and O–H groups in total. The van der Waals surface area contributed by atoms with Crippen LogP contribution in [0, 0.1) is 5.41 Å². The van der Waals surface area contributed by atoms with Crippen molar-refractivity contribution in [3.8, 4) is 5.75 Å². The second kappa shape index (κ2) is 8.83. The van der Waals surface area contributed by atoms with Crippen LogP contribution in [0.5, 0.6) is 5.75 Å². The maximum atomic E-state index is 12.5. The van der Waals surface area contributed by atoms with Crippen molar-refractivity contribution in [3.63, 3.8) is 0 Å². The van der Waals surface area contributed by atoms with Crippen LogP contribution >= 0.6 is 11.6 Å². The Labute approximate surface area is 168 Å². The van der Waals surface area contributed by atoms with Crippen molar-refractivity contribution in [2.75, 3.05) is 6.79 Å². The number of amides is 1. The molecular weight excluding hydrogens is 388 g/mol. The molecule has 1 aromatic carbocycles. The minimum absolute atomic E-state index is 0.0640. The van der Waals surface area contributed by atoms with Crippen LogP contribution in [0.15, 0.2) is 12.1 Å². The molecule has 0 bridgehead atoms. The molecule has 1 amide bonds. The normalized spacial score (nSPS) is 15.9. The predicted octanol–water partition coefficient (Wildman–Crippen LogP) is 1.89. The minimum atomic E-state index is -1.35. The van der Waals surface area contributed by atoms with Gasteiger partial charge in [-0.25, -0.2) is 4.79 Å². The number of hydrogen-bond acceptors (Lipinski definition) is 7. The first-order chi connectivity index (χ1) is 13.0. The second-order valence-corrected chi connectivity index (χ2v) is 7.79. The zero-order valence-electron chi connectivity index (χ0n) is 16.2. The third kappa shape index (κ3) is 5.17. The van der Waals surface area contributed by atoms with Crippen molar-refractivity contribution < 1.29 is 33.5 Å². The van der Waals surface area contributed by atoms with Gasteiger partial charge in [-0.05, 0) is 38.8 Å². The van der Waals surface area contributed by atoms with Crippen molar-refractivity contribution in [1.29, 1.82) is 0 Å². The fourth-order valence-corrected chi connectivity index (χ4v) is 2.71. The number of hydrogen-bond donors (Lipinski definition) is 2. The number of ether oxygens (including phenoxy) is 2. The van der Waals surface area contributed by atoms with E-state index in [1.54, 1.807) is 33.8 Å². The number of fused-ring (bicyclic) bond motifs is 1. The van der Waals surface area contributed by atoms with Crippen LogP contribution in [-0.4, -0.2) is 42.7 Å². The van der Waals surface area contributed by atoms with Crippen molar-refractivity contribution in [2.45, 2.75) is 46.5 Å². The summed E-state index contributed by atoms with van der Waals surface area (Å²) in [6.45, 7) is 6.13. The van der Waals surface area contributed by atoms with Gasteiger partial charge in [0.2, 0.25) is 12.7 Å². The Bertz CT molecular complexity index is 778. The first kappa shape index (κ1) is 22.0. The average molecular weight is 412 g/mol. The number of halogens is 1. The maximum Gasteiger partial charge on any atom is 0.547 e. The molecule has 0 aliphatic carbocycles. The Morgan fingerprint density at radius 2 is 2.00 bits per heavy atom. The van der Waals surface area contributed by atoms with Gasteiger partial charge in [0.15, 0.2) is 0 Å². The second-order valence-electron chi connectivity index (χ2n) is 7.38. The number of carbonyl (C=O) groups is 3. The predicted molar refractivity (Wildman–Crippen MR) is 102 cm³/mol. The van der Waals surface area contributed by atoms with Gasteiger partial charge in [-0.2, -0.15) is 0 Å². The van der Waals surface area contributed by atoms with E-state index in [9.17, 15) is 19.4 Å². The largest absolute Gasteiger partial charge is 0.547 e. The third-order valence-corrected chi connectivity index (χ3v) is 4.39. The Morgan fingerprint density at radius 3 is 2.61 bits per heavy atom. The SMILES string of the molecule is CCC(=O)NC1Cc2ccc(Cl)c(C(=O)OCOC(=O)C(C)(C)C)c2OB1O. The van der Waals surface area contributed by atoms with Crippen LogP contribution in [0.25, 0.3) is 0 Å². The third-order valence-electron chi connectivity index (χ3n) is 4.08. The maximum absolute atomic E-state index is 12.5. The molecule has 1 aliphatic rings. The standard InChI is InChI=1S/C18H23BClNO7/c1-5-13(22)21-12-8-10-6-7-11(20)14(15(10)28-19(12)25)16(23)26-9-27-17(24)18(2,3)4/h6-7,12,25H,5,8-9H2,1-4H3,(H,21,22). The van der Waals surface area contributed by atoms with E-state index in [0.29, 0.717) is 5.56 Å². The van der Waals surface area contributed by atoms with Crippen molar-refractivity contribution in [1.82, 2.24) is 5.32 Å². The van der Waals surface area contributed by atoms with Crippen molar-refractivity contribution in [2.24, 2.45) is 5.41 Å². The Hall–Kier alpha value is -2.26. The number of benzene rings is 1. The van der Waals surface area contributed by atoms with E-state index in [1.807, 2.05) is 0 Å². The summed E-state index contributed by atoms with van der Waals surface area (Å²) in [5, 5.41) is 12.9. The van der Waals surface area contributed by atoms with Crippen LogP contribution in [-0.2, 0) is 25.5 Å². The number of carbonyl (C=O) groups excluding carboxylic acids is 3. The lowest BCUT2D eigenvalue weighted by atomic mass is 9.72. The summed E-state index contributed by atoms with van der Waals surface area (Å²) in [4.78, 5) is 35.8. The molecule has 2 rings (SSSR count). The van der Waals surface area contributed by atoms with Gasteiger partial charge in [-0.1, -0.05) is 24.6 Å². The molecule has 0 spiro atoms. The van der Waals surface area contributed by atoms with Crippen LogP contribution < -0.4 is 9.97 Å². The molecule has 0 saturated carbocycles. The molecule has 152 valence electrons. The van der Waals surface area contributed by atoms with Gasteiger partial charge >= 0.3 is 19.1 Å². The molecular formula is C18H23BClNO7. The summed E-state index contributed by atoms with van der Waals surface area (Å²) < 4.78 is 15.4. The summed E-state index contributed by atoms with van der Waals surface area (Å²) in [5.74, 6) is -2.19. The summed E-state index contributed by atoms with van der Waals surface area (Å²) in [6.07, 6.45) is 0.514. The van der Waals surface area contributed by atoms with E-state index >= 15 is 0 Å². The van der Waals surface area contributed by atoms with Crippen LogP contribution in [0.3, 0.4) is 0 Å². The van der Waals surface area contributed by atoms with Crippen molar-refractivity contribution >= 4 is 36.6 Å². The lowest BCUT2D eigenvalue weighted by molar-refractivity contribution is -0.161. The number of rotatable bonds is 5. The summed E-state index contributed by atoms with van der Waals surface area (Å²) in [5.41, 5.74) is -0.235. The fraction of sp³-hybridized carbons (Fsp3) is 0.500. The highest BCUT2D eigenvalue weighted by Crippen LogP contribution is 2.35. The molecule has 1 atom stereocenters. The van der Waals surface area contributed by atoms with Crippen LogP contribution in [0.1, 0.15) is 50.0 Å². The van der Waals surface area contributed by atoms with Gasteiger partial charge in [0.1, 0.15) is 11.3 Å². The van der Waals surface area contributed by atoms with Gasteiger partial charge in [0, 0.05) is 6.42 Å². The molecule has 0 fully saturated rings. The zero-order chi connectivity index (χ0) is 21.1. The van der Waals surface area contributed by atoms with Gasteiger partial charge in [-0.3, -0.25) is 9.59 Å². The highest BCUT2D eigenvalue weighted by molar-refractivity contribution is 6.47. The minimum Gasteiger partial charge on any atom is -0.534 e. The molecule has 10 heteroatoms. The molecule has 28 heavy (non-hydrogen) atoms. The van der Waals surface area contributed by atoms with E-state index in [4.69, 9.17) is 25.7 Å². The van der Waals surface area contributed by atoms with E-state index in [-0.39, 0.29) is 35.1 Å². The summed E-state index contributed by atoms with van der Waals surface area (Å²) >= 11 is 6.12. The topological polar surface area (TPSA) is 111 Å². The average Bonchev–Trinajstić information content (AvgIpc) is 2.61. The molecule has 1 heterocycles. The molecule has 0 radical (unpaired) electrons. The van der Waals surface area contributed by atoms with E-state index < -0.39 is 37.2 Å². The first-order valence-electron chi connectivity index (χ1n) is 8.84. The number of nitrogens with one attached hydrogen (secondary N) is 1. The first-order valence-corrected chi connectivity index (χ1v) is 9.22. The van der Waals surface area contributed by atoms with Crippen LogP contribution in [0.2, 0.25) is 5.02 Å². The Kier molecular flexibility index (Phi) is 6.95. The highest BCUT2D eigenvalue weighted by atomic mass is 35.5. The fourth-order valence-electron chi connectivity index (χ4n) is 2.48. The van der Waals surface area contributed by atoms with Gasteiger partial charge in [0.05, 0.1) is 16.4 Å². The molecule has 1 aromatic rings. The monoisotopic (exact) mass is 411 g/mol. The molecule has 1 aliphatic heterocycles. The van der Waals surface area contributed by atoms with Crippen LogP contribution in [0.4, 0.5) is 0 Å². The van der Waals surface area contributed by atoms with Gasteiger partial charge in [0.25, 0.3) is 0 Å². The Balaban J connectivity index is 2.14. The number of esters is 2. The summed E-state index contributed by atoms with van der Waals surface area (Å²) in [7, 11) is -1.35. The smallest absolute Gasteiger partial charge is 0.534 e.